The standard InChI is InChI=1S/C18H19BrN2O2/c1-12-4-5-14(13(2)8-12)10-18(22)21-20-11-15-9-16(19)6-7-17(15)23-3/h4-9,11H,10H2,1-3H3,(H,21,22)/b20-11+. The molecule has 0 aromatic heterocycles. The number of carbonyl (C=O) groups excluding carboxylic acids is 1. The zero-order chi connectivity index (χ0) is 16.8. The van der Waals surface area contributed by atoms with Crippen LogP contribution in [0.25, 0.3) is 0 Å². The molecule has 0 heterocycles. The van der Waals surface area contributed by atoms with Gasteiger partial charge in [0.15, 0.2) is 0 Å². The summed E-state index contributed by atoms with van der Waals surface area (Å²) in [4.78, 5) is 12.0. The molecule has 0 unspecified atom stereocenters. The van der Waals surface area contributed by atoms with E-state index in [9.17, 15) is 4.79 Å². The Bertz CT molecular complexity index is 742. The molecular formula is C18H19BrN2O2. The quantitative estimate of drug-likeness (QED) is 0.639. The fourth-order valence-corrected chi connectivity index (χ4v) is 2.62. The topological polar surface area (TPSA) is 50.7 Å². The van der Waals surface area contributed by atoms with Crippen molar-refractivity contribution in [2.24, 2.45) is 5.10 Å². The second-order valence-electron chi connectivity index (χ2n) is 5.29. The Morgan fingerprint density at radius 3 is 2.74 bits per heavy atom. The monoisotopic (exact) mass is 374 g/mol. The minimum absolute atomic E-state index is 0.151. The summed E-state index contributed by atoms with van der Waals surface area (Å²) in [6.07, 6.45) is 1.88. The van der Waals surface area contributed by atoms with Crippen LogP contribution in [0.4, 0.5) is 0 Å². The number of halogens is 1. The van der Waals surface area contributed by atoms with E-state index in [2.05, 4.69) is 32.5 Å². The highest BCUT2D eigenvalue weighted by Gasteiger charge is 2.06. The van der Waals surface area contributed by atoms with Gasteiger partial charge in [0.2, 0.25) is 5.91 Å². The predicted octanol–water partition coefficient (Wildman–Crippen LogP) is 3.77. The Labute approximate surface area is 144 Å². The van der Waals surface area contributed by atoms with Crippen LogP contribution < -0.4 is 10.2 Å². The van der Waals surface area contributed by atoms with Crippen LogP contribution in [0.5, 0.6) is 5.75 Å². The van der Waals surface area contributed by atoms with Gasteiger partial charge in [-0.05, 0) is 43.2 Å². The first kappa shape index (κ1) is 17.2. The van der Waals surface area contributed by atoms with Crippen molar-refractivity contribution < 1.29 is 9.53 Å². The second kappa shape index (κ2) is 7.92. The van der Waals surface area contributed by atoms with Crippen molar-refractivity contribution in [3.8, 4) is 5.75 Å². The summed E-state index contributed by atoms with van der Waals surface area (Å²) in [7, 11) is 1.60. The first-order valence-electron chi connectivity index (χ1n) is 7.21. The average molecular weight is 375 g/mol. The lowest BCUT2D eigenvalue weighted by molar-refractivity contribution is -0.120. The number of methoxy groups -OCH3 is 1. The van der Waals surface area contributed by atoms with E-state index in [0.717, 1.165) is 21.2 Å². The highest BCUT2D eigenvalue weighted by atomic mass is 79.9. The van der Waals surface area contributed by atoms with E-state index < -0.39 is 0 Å². The molecule has 0 saturated heterocycles. The Morgan fingerprint density at radius 2 is 2.04 bits per heavy atom. The number of aryl methyl sites for hydroxylation is 2. The molecule has 1 amide bonds. The predicted molar refractivity (Wildman–Crippen MR) is 96.1 cm³/mol. The van der Waals surface area contributed by atoms with Gasteiger partial charge in [0.05, 0.1) is 19.7 Å². The summed E-state index contributed by atoms with van der Waals surface area (Å²) < 4.78 is 6.17. The Balaban J connectivity index is 2.00. The molecule has 0 fully saturated rings. The van der Waals surface area contributed by atoms with Crippen LogP contribution in [-0.2, 0) is 11.2 Å². The van der Waals surface area contributed by atoms with Gasteiger partial charge in [0, 0.05) is 10.0 Å². The molecule has 2 rings (SSSR count). The summed E-state index contributed by atoms with van der Waals surface area (Å²) in [5, 5.41) is 4.01. The number of rotatable bonds is 5. The maximum atomic E-state index is 12.0. The van der Waals surface area contributed by atoms with Gasteiger partial charge in [-0.2, -0.15) is 5.10 Å². The number of hydrazone groups is 1. The van der Waals surface area contributed by atoms with Gasteiger partial charge in [-0.25, -0.2) is 5.43 Å². The van der Waals surface area contributed by atoms with Crippen molar-refractivity contribution in [3.05, 3.63) is 63.1 Å². The summed E-state index contributed by atoms with van der Waals surface area (Å²) >= 11 is 3.40. The highest BCUT2D eigenvalue weighted by Crippen LogP contribution is 2.21. The van der Waals surface area contributed by atoms with E-state index in [-0.39, 0.29) is 5.91 Å². The molecule has 0 aliphatic heterocycles. The van der Waals surface area contributed by atoms with E-state index in [1.54, 1.807) is 13.3 Å². The van der Waals surface area contributed by atoms with Crippen LogP contribution in [-0.4, -0.2) is 19.2 Å². The normalized spacial score (nSPS) is 10.8. The van der Waals surface area contributed by atoms with Gasteiger partial charge in [-0.3, -0.25) is 4.79 Å². The van der Waals surface area contributed by atoms with Gasteiger partial charge in [0.1, 0.15) is 5.75 Å². The largest absolute Gasteiger partial charge is 0.496 e. The maximum Gasteiger partial charge on any atom is 0.244 e. The lowest BCUT2D eigenvalue weighted by Crippen LogP contribution is -2.20. The number of nitrogens with zero attached hydrogens (tertiary/aromatic N) is 1. The molecule has 0 bridgehead atoms. The van der Waals surface area contributed by atoms with E-state index in [0.29, 0.717) is 12.2 Å². The van der Waals surface area contributed by atoms with Gasteiger partial charge >= 0.3 is 0 Å². The van der Waals surface area contributed by atoms with Crippen LogP contribution in [0, 0.1) is 13.8 Å². The van der Waals surface area contributed by atoms with Crippen molar-refractivity contribution in [3.63, 3.8) is 0 Å². The fourth-order valence-electron chi connectivity index (χ4n) is 2.24. The number of ether oxygens (including phenoxy) is 1. The first-order chi connectivity index (χ1) is 11.0. The number of amides is 1. The highest BCUT2D eigenvalue weighted by molar-refractivity contribution is 9.10. The van der Waals surface area contributed by atoms with Crippen molar-refractivity contribution in [1.29, 1.82) is 0 Å². The van der Waals surface area contributed by atoms with Crippen LogP contribution in [0.2, 0.25) is 0 Å². The molecule has 0 radical (unpaired) electrons. The molecule has 0 aliphatic carbocycles. The molecular weight excluding hydrogens is 356 g/mol. The van der Waals surface area contributed by atoms with E-state index in [1.807, 2.05) is 44.2 Å². The molecule has 120 valence electrons. The molecule has 2 aromatic rings. The lowest BCUT2D eigenvalue weighted by atomic mass is 10.0. The van der Waals surface area contributed by atoms with Gasteiger partial charge in [0.25, 0.3) is 0 Å². The molecule has 1 N–H and O–H groups in total. The van der Waals surface area contributed by atoms with Gasteiger partial charge in [-0.15, -0.1) is 0 Å². The number of hydrogen-bond acceptors (Lipinski definition) is 3. The molecule has 0 atom stereocenters. The fraction of sp³-hybridized carbons (Fsp3) is 0.222. The van der Waals surface area contributed by atoms with E-state index in [1.165, 1.54) is 5.56 Å². The number of nitrogens with one attached hydrogen (secondary N) is 1. The lowest BCUT2D eigenvalue weighted by Gasteiger charge is -2.06. The zero-order valence-corrected chi connectivity index (χ0v) is 15.0. The maximum absolute atomic E-state index is 12.0. The van der Waals surface area contributed by atoms with Gasteiger partial charge < -0.3 is 4.74 Å². The molecule has 23 heavy (non-hydrogen) atoms. The minimum atomic E-state index is -0.151. The molecule has 5 heteroatoms. The third kappa shape index (κ3) is 4.93. The molecule has 4 nitrogen and oxygen atoms in total. The third-order valence-electron chi connectivity index (χ3n) is 3.43. The summed E-state index contributed by atoms with van der Waals surface area (Å²) in [6, 6.07) is 11.6. The Morgan fingerprint density at radius 1 is 1.26 bits per heavy atom. The van der Waals surface area contributed by atoms with Crippen LogP contribution in [0.3, 0.4) is 0 Å². The zero-order valence-electron chi connectivity index (χ0n) is 13.4. The number of carbonyl (C=O) groups is 1. The molecule has 0 aliphatic rings. The van der Waals surface area contributed by atoms with Crippen molar-refractivity contribution in [2.45, 2.75) is 20.3 Å². The van der Waals surface area contributed by atoms with Gasteiger partial charge in [-0.1, -0.05) is 39.7 Å². The molecule has 0 saturated carbocycles. The SMILES string of the molecule is COc1ccc(Br)cc1/C=N/NC(=O)Cc1ccc(C)cc1C. The minimum Gasteiger partial charge on any atom is -0.496 e. The van der Waals surface area contributed by atoms with Crippen LogP contribution in [0.1, 0.15) is 22.3 Å². The van der Waals surface area contributed by atoms with Crippen LogP contribution >= 0.6 is 15.9 Å². The van der Waals surface area contributed by atoms with E-state index in [4.69, 9.17) is 4.74 Å². The Kier molecular flexibility index (Phi) is 5.93. The van der Waals surface area contributed by atoms with E-state index >= 15 is 0 Å². The Hall–Kier alpha value is -2.14. The molecule has 2 aromatic carbocycles. The van der Waals surface area contributed by atoms with Crippen molar-refractivity contribution in [2.75, 3.05) is 7.11 Å². The van der Waals surface area contributed by atoms with Crippen molar-refractivity contribution >= 4 is 28.1 Å². The summed E-state index contributed by atoms with van der Waals surface area (Å²) in [6.45, 7) is 4.04. The second-order valence-corrected chi connectivity index (χ2v) is 6.20. The molecule has 0 spiro atoms. The van der Waals surface area contributed by atoms with Crippen molar-refractivity contribution in [1.82, 2.24) is 5.43 Å². The number of hydrogen-bond donors (Lipinski definition) is 1. The summed E-state index contributed by atoms with van der Waals surface area (Å²) in [5.41, 5.74) is 6.64. The number of benzene rings is 2. The smallest absolute Gasteiger partial charge is 0.244 e. The average Bonchev–Trinajstić information content (AvgIpc) is 2.50. The first-order valence-corrected chi connectivity index (χ1v) is 8.00. The summed E-state index contributed by atoms with van der Waals surface area (Å²) in [5.74, 6) is 0.544. The van der Waals surface area contributed by atoms with Crippen LogP contribution in [0.15, 0.2) is 46.0 Å². The third-order valence-corrected chi connectivity index (χ3v) is 3.93.